The van der Waals surface area contributed by atoms with E-state index in [0.29, 0.717) is 22.3 Å². The van der Waals surface area contributed by atoms with Crippen LogP contribution in [-0.2, 0) is 10.8 Å². The van der Waals surface area contributed by atoms with Crippen LogP contribution in [0.15, 0.2) is 21.4 Å². The minimum Gasteiger partial charge on any atom is -0.0654 e. The minimum absolute atomic E-state index is 0.176. The van der Waals surface area contributed by atoms with E-state index in [2.05, 4.69) is 81.4 Å². The van der Waals surface area contributed by atoms with Gasteiger partial charge in [-0.05, 0) is 0 Å². The van der Waals surface area contributed by atoms with Crippen molar-refractivity contribution >= 4 is 66.0 Å². The molecule has 10 heteroatoms. The molecule has 0 aliphatic heterocycles. The molecular weight excluding hydrogens is 1470 g/mol. The van der Waals surface area contributed by atoms with Gasteiger partial charge in [-0.1, -0.05) is 105 Å². The van der Waals surface area contributed by atoms with Crippen LogP contribution in [0.2, 0.25) is 26.6 Å². The minimum atomic E-state index is -3.43. The van der Waals surface area contributed by atoms with E-state index in [1.165, 1.54) is 289 Å². The quantitative estimate of drug-likeness (QED) is 0.0285. The predicted octanol–water partition coefficient (Wildman–Crippen LogP) is 30.9. The molecule has 7 rings (SSSR count). The molecule has 0 saturated heterocycles. The molecule has 578 valence electrons. The van der Waals surface area contributed by atoms with E-state index in [4.69, 9.17) is 29.9 Å². The van der Waals surface area contributed by atoms with Crippen molar-refractivity contribution in [3.63, 3.8) is 0 Å². The van der Waals surface area contributed by atoms with Crippen LogP contribution in [0.1, 0.15) is 451 Å². The zero-order valence-electron chi connectivity index (χ0n) is 68.4. The van der Waals surface area contributed by atoms with Crippen LogP contribution in [0.25, 0.3) is 44.3 Å². The van der Waals surface area contributed by atoms with E-state index in [1.54, 1.807) is 0 Å². The summed E-state index contributed by atoms with van der Waals surface area (Å²) >= 11 is -6.87. The van der Waals surface area contributed by atoms with E-state index >= 15 is 8.78 Å². The third kappa shape index (κ3) is 23.0. The van der Waals surface area contributed by atoms with E-state index in [-0.39, 0.29) is 11.6 Å². The first-order valence-electron chi connectivity index (χ1n) is 45.3. The summed E-state index contributed by atoms with van der Waals surface area (Å²) in [4.78, 5) is 0. The Bertz CT molecular complexity index is 2800. The zero-order valence-corrected chi connectivity index (χ0v) is 74.1. The number of unbranched alkanes of at least 4 members (excludes halogenated alkanes) is 42. The van der Waals surface area contributed by atoms with Gasteiger partial charge in [0.2, 0.25) is 0 Å². The van der Waals surface area contributed by atoms with Crippen molar-refractivity contribution in [1.29, 1.82) is 0 Å². The van der Waals surface area contributed by atoms with Crippen LogP contribution in [0, 0.1) is 11.6 Å². The fourth-order valence-electron chi connectivity index (χ4n) is 19.9. The van der Waals surface area contributed by atoms with Crippen molar-refractivity contribution in [2.24, 2.45) is 0 Å². The number of nitrogens with zero attached hydrogens (tertiary/aromatic N) is 4. The Balaban J connectivity index is 1.55. The van der Waals surface area contributed by atoms with Crippen molar-refractivity contribution in [1.82, 2.24) is 20.6 Å². The first-order chi connectivity index (χ1) is 50.1. The molecule has 0 radical (unpaired) electrons. The summed E-state index contributed by atoms with van der Waals surface area (Å²) in [5, 5.41) is 20.4. The molecule has 0 fully saturated rings. The molecule has 5 aromatic rings. The third-order valence-corrected chi connectivity index (χ3v) is 57.1. The topological polar surface area (TPSA) is 77.8 Å². The zero-order chi connectivity index (χ0) is 72.7. The van der Waals surface area contributed by atoms with Crippen LogP contribution < -0.4 is 7.16 Å². The first kappa shape index (κ1) is 87.1. The molecule has 2 aromatic heterocycles. The van der Waals surface area contributed by atoms with Crippen molar-refractivity contribution < 1.29 is 18.0 Å². The number of fused-ring (bicyclic) bond motifs is 10. The smallest absolute Gasteiger partial charge is 0.0654 e. The summed E-state index contributed by atoms with van der Waals surface area (Å²) in [6.07, 6.45) is 66.8. The number of benzene rings is 3. The summed E-state index contributed by atoms with van der Waals surface area (Å²) in [5.41, 5.74) is 7.98. The molecule has 102 heavy (non-hydrogen) atoms. The Hall–Kier alpha value is -2.08. The van der Waals surface area contributed by atoms with Gasteiger partial charge in [0.05, 0.1) is 0 Å². The maximum absolute atomic E-state index is 21.2. The Kier molecular flexibility index (Phi) is 41.4. The second kappa shape index (κ2) is 48.4. The number of halogens is 2. The molecular formula is C92H156F2N4O2Sn2. The molecule has 2 heterocycles. The van der Waals surface area contributed by atoms with Crippen molar-refractivity contribution in [2.75, 3.05) is 0 Å². The average molecular weight is 1630 g/mol. The van der Waals surface area contributed by atoms with Gasteiger partial charge in [0.25, 0.3) is 0 Å². The summed E-state index contributed by atoms with van der Waals surface area (Å²) < 4.78 is 65.2. The third-order valence-electron chi connectivity index (χ3n) is 26.0. The van der Waals surface area contributed by atoms with Gasteiger partial charge < -0.3 is 0 Å². The average Bonchev–Trinajstić information content (AvgIpc) is 1.50. The molecule has 0 atom stereocenters. The van der Waals surface area contributed by atoms with Gasteiger partial charge in [-0.2, -0.15) is 0 Å². The van der Waals surface area contributed by atoms with Gasteiger partial charge in [0.15, 0.2) is 0 Å². The van der Waals surface area contributed by atoms with Gasteiger partial charge in [0, 0.05) is 0 Å². The normalized spacial score (nSPS) is 13.9. The van der Waals surface area contributed by atoms with E-state index in [9.17, 15) is 0 Å². The van der Waals surface area contributed by atoms with Crippen LogP contribution in [-0.4, -0.2) is 57.4 Å². The van der Waals surface area contributed by atoms with Crippen molar-refractivity contribution in [3.8, 4) is 22.3 Å². The van der Waals surface area contributed by atoms with Crippen LogP contribution >= 0.6 is 0 Å². The molecule has 3 aromatic carbocycles. The van der Waals surface area contributed by atoms with Gasteiger partial charge >= 0.3 is 534 Å². The summed E-state index contributed by atoms with van der Waals surface area (Å²) in [5.74, 6) is -0.352. The number of rotatable bonds is 64. The maximum atomic E-state index is 21.2. The summed E-state index contributed by atoms with van der Waals surface area (Å²) in [7, 11) is 0. The fourth-order valence-corrected chi connectivity index (χ4v) is 52.8. The Morgan fingerprint density at radius 3 is 0.667 bits per heavy atom. The van der Waals surface area contributed by atoms with Crippen molar-refractivity contribution in [2.45, 2.75) is 466 Å². The monoisotopic (exact) mass is 1630 g/mol. The Morgan fingerprint density at radius 1 is 0.255 bits per heavy atom. The van der Waals surface area contributed by atoms with Crippen LogP contribution in [0.3, 0.4) is 0 Å². The van der Waals surface area contributed by atoms with Gasteiger partial charge in [-0.15, -0.1) is 0 Å². The molecule has 0 spiro atoms. The Morgan fingerprint density at radius 2 is 0.451 bits per heavy atom. The standard InChI is InChI=1S/C68H102F2N4O2.6C4H9.2Sn/c1-5-9-13-17-21-25-29-33-37-41-49-67(50-42-38-34-30-26-22-18-14-10-6-2)53-45-47-55-65(73-75-71-55)57(53)59-61(67)63(69)60-58-54(46-48-56-66(58)74-76-72-56)68(62(60)64(59)70,51-43-39-35-31-27-23-19-15-11-7-3)52-44-40-36-32-28-24-20-16-12-8-4;6*1-3-4-2;;/h45-46H,5-44,49-52H2,1-4H3;6*1,3-4H2,2H3;;. The number of aromatic nitrogens is 4. The van der Waals surface area contributed by atoms with Crippen molar-refractivity contribution in [3.05, 3.63) is 46.0 Å². The molecule has 0 bridgehead atoms. The van der Waals surface area contributed by atoms with Crippen LogP contribution in [0.4, 0.5) is 8.78 Å². The molecule has 2 aliphatic carbocycles. The first-order valence-corrected chi connectivity index (χ1v) is 60.2. The number of hydrogen-bond donors (Lipinski definition) is 0. The predicted molar refractivity (Wildman–Crippen MR) is 444 cm³/mol. The SMILES string of the molecule is CCCCCCCCCCCCC1(CCCCCCCCCCCC)c2c[c]([Sn]([CH2]CCC)([CH2]CCC)[CH2]CCC)c3nonc3c2-c2c(F)c3c(c(F)c21)-c1c(c[c]([Sn]([CH2]CCC)([CH2]CCC)[CH2]CCC)c2nonc12)C3(CCCCCCCCCCCC)CCCCCCCCCCCC. The molecule has 2 aliphatic rings. The number of hydrogen-bond acceptors (Lipinski definition) is 6. The van der Waals surface area contributed by atoms with Gasteiger partial charge in [-0.3, -0.25) is 0 Å². The van der Waals surface area contributed by atoms with E-state index in [1.807, 2.05) is 0 Å². The van der Waals surface area contributed by atoms with E-state index < -0.39 is 47.6 Å². The van der Waals surface area contributed by atoms with Gasteiger partial charge in [0.1, 0.15) is 0 Å². The van der Waals surface area contributed by atoms with E-state index in [0.717, 1.165) is 149 Å². The second-order valence-electron chi connectivity index (χ2n) is 33.8. The molecule has 6 nitrogen and oxygen atoms in total. The summed E-state index contributed by atoms with van der Waals surface area (Å²) in [6.45, 7) is 23.5. The second-order valence-corrected chi connectivity index (χ2v) is 60.1. The molecule has 0 amide bonds. The fraction of sp³-hybridized carbons (Fsp3) is 0.804. The molecule has 0 unspecified atom stereocenters. The Labute approximate surface area is 634 Å². The van der Waals surface area contributed by atoms with Crippen LogP contribution in [0.5, 0.6) is 0 Å². The molecule has 0 saturated carbocycles. The molecule has 0 N–H and O–H groups in total. The summed E-state index contributed by atoms with van der Waals surface area (Å²) in [6, 6.07) is 5.29. The van der Waals surface area contributed by atoms with Gasteiger partial charge in [-0.25, -0.2) is 0 Å².